The van der Waals surface area contributed by atoms with E-state index in [1.807, 2.05) is 0 Å². The highest BCUT2D eigenvalue weighted by Crippen LogP contribution is 2.44. The molecule has 0 saturated carbocycles. The molecule has 1 nitrogen and oxygen atoms in total. The van der Waals surface area contributed by atoms with Crippen LogP contribution in [0.3, 0.4) is 0 Å². The van der Waals surface area contributed by atoms with E-state index in [-0.39, 0.29) is 5.41 Å². The molecule has 16 heavy (non-hydrogen) atoms. The first-order chi connectivity index (χ1) is 7.39. The van der Waals surface area contributed by atoms with Gasteiger partial charge in [-0.2, -0.15) is 0 Å². The Morgan fingerprint density at radius 2 is 1.81 bits per heavy atom. The van der Waals surface area contributed by atoms with Gasteiger partial charge in [-0.1, -0.05) is 20.8 Å². The number of rotatable bonds is 1. The molecule has 2 rings (SSSR count). The maximum Gasteiger partial charge on any atom is 0.0676 e. The van der Waals surface area contributed by atoms with E-state index in [4.69, 9.17) is 4.99 Å². The minimum Gasteiger partial charge on any atom is -0.257 e. The lowest BCUT2D eigenvalue weighted by Gasteiger charge is -2.24. The van der Waals surface area contributed by atoms with Crippen LogP contribution in [0.15, 0.2) is 11.1 Å². The van der Waals surface area contributed by atoms with Gasteiger partial charge >= 0.3 is 0 Å². The SMILES string of the molecule is CCc1c(C)c(C)cc2c1C(C)(C)C(C)=N2. The van der Waals surface area contributed by atoms with E-state index < -0.39 is 0 Å². The lowest BCUT2D eigenvalue weighted by Crippen LogP contribution is -2.24. The van der Waals surface area contributed by atoms with Gasteiger partial charge in [0, 0.05) is 11.1 Å². The van der Waals surface area contributed by atoms with E-state index in [1.165, 1.54) is 33.7 Å². The molecular formula is C15H21N. The van der Waals surface area contributed by atoms with Crippen LogP contribution in [0.5, 0.6) is 0 Å². The molecule has 1 heterocycles. The van der Waals surface area contributed by atoms with Crippen molar-refractivity contribution in [1.82, 2.24) is 0 Å². The summed E-state index contributed by atoms with van der Waals surface area (Å²) in [5, 5.41) is 0. The standard InChI is InChI=1S/C15H21N/c1-7-12-10(3)9(2)8-13-14(12)15(5,6)11(4)16-13/h8H,7H2,1-6H3. The smallest absolute Gasteiger partial charge is 0.0676 e. The average Bonchev–Trinajstić information content (AvgIpc) is 2.41. The first-order valence-electron chi connectivity index (χ1n) is 6.09. The van der Waals surface area contributed by atoms with Gasteiger partial charge in [0.1, 0.15) is 0 Å². The van der Waals surface area contributed by atoms with Crippen LogP contribution in [0.1, 0.15) is 49.9 Å². The zero-order valence-electron chi connectivity index (χ0n) is 11.2. The summed E-state index contributed by atoms with van der Waals surface area (Å²) >= 11 is 0. The van der Waals surface area contributed by atoms with Crippen molar-refractivity contribution < 1.29 is 0 Å². The number of nitrogens with zero attached hydrogens (tertiary/aromatic N) is 1. The maximum atomic E-state index is 4.73. The Hall–Kier alpha value is -1.11. The second kappa shape index (κ2) is 3.44. The fraction of sp³-hybridized carbons (Fsp3) is 0.533. The summed E-state index contributed by atoms with van der Waals surface area (Å²) in [6.45, 7) is 13.4. The Kier molecular flexibility index (Phi) is 2.45. The van der Waals surface area contributed by atoms with Gasteiger partial charge in [0.05, 0.1) is 5.69 Å². The van der Waals surface area contributed by atoms with E-state index in [9.17, 15) is 0 Å². The third-order valence-corrected chi connectivity index (χ3v) is 4.13. The summed E-state index contributed by atoms with van der Waals surface area (Å²) < 4.78 is 0. The fourth-order valence-corrected chi connectivity index (χ4v) is 2.69. The summed E-state index contributed by atoms with van der Waals surface area (Å²) in [6, 6.07) is 2.24. The molecule has 86 valence electrons. The Balaban J connectivity index is 2.79. The first kappa shape index (κ1) is 11.4. The highest BCUT2D eigenvalue weighted by atomic mass is 14.8. The largest absolute Gasteiger partial charge is 0.257 e. The first-order valence-corrected chi connectivity index (χ1v) is 6.09. The van der Waals surface area contributed by atoms with Gasteiger partial charge in [-0.25, -0.2) is 0 Å². The maximum absolute atomic E-state index is 4.73. The normalized spacial score (nSPS) is 17.2. The molecule has 1 heteroatoms. The zero-order chi connectivity index (χ0) is 12.1. The minimum atomic E-state index is 0.110. The highest BCUT2D eigenvalue weighted by Gasteiger charge is 2.34. The molecule has 0 saturated heterocycles. The molecule has 1 aliphatic rings. The Morgan fingerprint density at radius 1 is 1.19 bits per heavy atom. The molecule has 0 aromatic heterocycles. The number of aliphatic imine (C=N–C) groups is 1. The fourth-order valence-electron chi connectivity index (χ4n) is 2.69. The predicted molar refractivity (Wildman–Crippen MR) is 71.1 cm³/mol. The lowest BCUT2D eigenvalue weighted by molar-refractivity contribution is 0.719. The molecule has 0 atom stereocenters. The van der Waals surface area contributed by atoms with Gasteiger partial charge < -0.3 is 0 Å². The quantitative estimate of drug-likeness (QED) is 0.664. The molecule has 0 aliphatic carbocycles. The highest BCUT2D eigenvalue weighted by molar-refractivity contribution is 6.00. The van der Waals surface area contributed by atoms with E-state index in [2.05, 4.69) is 47.6 Å². The average molecular weight is 215 g/mol. The van der Waals surface area contributed by atoms with Gasteiger partial charge in [0.2, 0.25) is 0 Å². The van der Waals surface area contributed by atoms with E-state index >= 15 is 0 Å². The summed E-state index contributed by atoms with van der Waals surface area (Å²) in [7, 11) is 0. The molecule has 1 aromatic rings. The van der Waals surface area contributed by atoms with Gasteiger partial charge in [0.25, 0.3) is 0 Å². The van der Waals surface area contributed by atoms with Crippen LogP contribution < -0.4 is 0 Å². The molecule has 1 aromatic carbocycles. The van der Waals surface area contributed by atoms with Crippen LogP contribution in [0.4, 0.5) is 5.69 Å². The second-order valence-electron chi connectivity index (χ2n) is 5.37. The molecule has 0 unspecified atom stereocenters. The van der Waals surface area contributed by atoms with Gasteiger partial charge in [-0.05, 0) is 55.5 Å². The number of hydrogen-bond donors (Lipinski definition) is 0. The number of benzene rings is 1. The molecule has 1 aliphatic heterocycles. The van der Waals surface area contributed by atoms with Crippen molar-refractivity contribution in [1.29, 1.82) is 0 Å². The molecular weight excluding hydrogens is 194 g/mol. The van der Waals surface area contributed by atoms with Crippen LogP contribution in [-0.4, -0.2) is 5.71 Å². The Bertz CT molecular complexity index is 479. The summed E-state index contributed by atoms with van der Waals surface area (Å²) in [6.07, 6.45) is 1.10. The third kappa shape index (κ3) is 1.34. The number of hydrogen-bond acceptors (Lipinski definition) is 1. The van der Waals surface area contributed by atoms with Crippen molar-refractivity contribution in [2.75, 3.05) is 0 Å². The van der Waals surface area contributed by atoms with Crippen molar-refractivity contribution in [3.63, 3.8) is 0 Å². The monoisotopic (exact) mass is 215 g/mol. The van der Waals surface area contributed by atoms with Crippen molar-refractivity contribution >= 4 is 11.4 Å². The summed E-state index contributed by atoms with van der Waals surface area (Å²) in [5.41, 5.74) is 8.31. The molecule has 0 spiro atoms. The third-order valence-electron chi connectivity index (χ3n) is 4.13. The van der Waals surface area contributed by atoms with E-state index in [0.29, 0.717) is 0 Å². The summed E-state index contributed by atoms with van der Waals surface area (Å²) in [4.78, 5) is 4.73. The topological polar surface area (TPSA) is 12.4 Å². The Labute approximate surface area is 98.6 Å². The van der Waals surface area contributed by atoms with Crippen LogP contribution >= 0.6 is 0 Å². The molecule has 0 amide bonds. The van der Waals surface area contributed by atoms with Gasteiger partial charge in [0.15, 0.2) is 0 Å². The van der Waals surface area contributed by atoms with Crippen molar-refractivity contribution in [3.8, 4) is 0 Å². The lowest BCUT2D eigenvalue weighted by atomic mass is 9.77. The number of fused-ring (bicyclic) bond motifs is 1. The second-order valence-corrected chi connectivity index (χ2v) is 5.37. The minimum absolute atomic E-state index is 0.110. The van der Waals surface area contributed by atoms with E-state index in [1.54, 1.807) is 0 Å². The van der Waals surface area contributed by atoms with Crippen LogP contribution in [-0.2, 0) is 11.8 Å². The number of aryl methyl sites for hydroxylation is 1. The molecule has 0 radical (unpaired) electrons. The molecule has 0 N–H and O–H groups in total. The Morgan fingerprint density at radius 3 is 2.38 bits per heavy atom. The summed E-state index contributed by atoms with van der Waals surface area (Å²) in [5.74, 6) is 0. The predicted octanol–water partition coefficient (Wildman–Crippen LogP) is 4.25. The van der Waals surface area contributed by atoms with Crippen molar-refractivity contribution in [2.45, 2.75) is 53.4 Å². The van der Waals surface area contributed by atoms with Crippen molar-refractivity contribution in [2.24, 2.45) is 4.99 Å². The molecule has 0 fully saturated rings. The molecule has 0 bridgehead atoms. The van der Waals surface area contributed by atoms with Crippen molar-refractivity contribution in [3.05, 3.63) is 28.3 Å². The van der Waals surface area contributed by atoms with Gasteiger partial charge in [-0.3, -0.25) is 4.99 Å². The van der Waals surface area contributed by atoms with Crippen LogP contribution in [0, 0.1) is 13.8 Å². The van der Waals surface area contributed by atoms with Gasteiger partial charge in [-0.15, -0.1) is 0 Å². The van der Waals surface area contributed by atoms with E-state index in [0.717, 1.165) is 6.42 Å². The zero-order valence-corrected chi connectivity index (χ0v) is 11.2. The van der Waals surface area contributed by atoms with Crippen LogP contribution in [0.25, 0.3) is 0 Å². The van der Waals surface area contributed by atoms with Crippen LogP contribution in [0.2, 0.25) is 0 Å².